The molecule has 0 aromatic rings. The molecule has 1 atom stereocenters. The molecule has 0 amide bonds. The van der Waals surface area contributed by atoms with Crippen LogP contribution < -0.4 is 5.32 Å². The summed E-state index contributed by atoms with van der Waals surface area (Å²) < 4.78 is 0. The molecule has 2 aliphatic rings. The minimum absolute atomic E-state index is 0.521. The molecule has 0 radical (unpaired) electrons. The van der Waals surface area contributed by atoms with Gasteiger partial charge in [0.2, 0.25) is 0 Å². The third kappa shape index (κ3) is 0.493. The van der Waals surface area contributed by atoms with Gasteiger partial charge in [-0.1, -0.05) is 6.92 Å². The molecule has 9 heavy (non-hydrogen) atoms. The van der Waals surface area contributed by atoms with Gasteiger partial charge in [-0.05, 0) is 26.2 Å². The zero-order valence-corrected chi connectivity index (χ0v) is 6.33. The number of nitrogens with one attached hydrogen (secondary N) is 1. The van der Waals surface area contributed by atoms with Crippen LogP contribution in [0, 0.1) is 5.41 Å². The maximum atomic E-state index is 3.52. The summed E-state index contributed by atoms with van der Waals surface area (Å²) in [5.41, 5.74) is 1.29. The van der Waals surface area contributed by atoms with Crippen molar-refractivity contribution < 1.29 is 0 Å². The van der Waals surface area contributed by atoms with E-state index in [2.05, 4.69) is 19.2 Å². The molecule has 1 aliphatic heterocycles. The van der Waals surface area contributed by atoms with Crippen LogP contribution in [0.3, 0.4) is 0 Å². The lowest BCUT2D eigenvalue weighted by atomic mass is 9.73. The Labute approximate surface area is 56.8 Å². The second kappa shape index (κ2) is 1.34. The van der Waals surface area contributed by atoms with Crippen molar-refractivity contribution in [3.63, 3.8) is 0 Å². The molecule has 1 saturated carbocycles. The van der Waals surface area contributed by atoms with Crippen LogP contribution >= 0.6 is 0 Å². The van der Waals surface area contributed by atoms with Crippen molar-refractivity contribution in [1.82, 2.24) is 5.32 Å². The van der Waals surface area contributed by atoms with Crippen molar-refractivity contribution in [2.24, 2.45) is 5.41 Å². The summed E-state index contributed by atoms with van der Waals surface area (Å²) in [6, 6.07) is 0. The van der Waals surface area contributed by atoms with Crippen molar-refractivity contribution in [2.45, 2.75) is 38.6 Å². The van der Waals surface area contributed by atoms with E-state index >= 15 is 0 Å². The van der Waals surface area contributed by atoms with E-state index in [1.54, 1.807) is 0 Å². The van der Waals surface area contributed by atoms with E-state index in [0.717, 1.165) is 5.41 Å². The van der Waals surface area contributed by atoms with Crippen LogP contribution in [-0.4, -0.2) is 12.1 Å². The Hall–Kier alpha value is -0.0400. The van der Waals surface area contributed by atoms with E-state index in [0.29, 0.717) is 5.54 Å². The molecule has 1 unspecified atom stereocenters. The lowest BCUT2D eigenvalue weighted by molar-refractivity contribution is 0.0900. The minimum atomic E-state index is 0.521. The first-order valence-corrected chi connectivity index (χ1v) is 3.97. The van der Waals surface area contributed by atoms with E-state index in [4.69, 9.17) is 0 Å². The molecule has 1 saturated heterocycles. The van der Waals surface area contributed by atoms with Crippen molar-refractivity contribution in [3.05, 3.63) is 0 Å². The SMILES string of the molecule is CCC1(C)NCC12CC2. The highest BCUT2D eigenvalue weighted by atomic mass is 15.1. The summed E-state index contributed by atoms with van der Waals surface area (Å²) in [4.78, 5) is 0. The topological polar surface area (TPSA) is 12.0 Å². The molecule has 0 aromatic heterocycles. The minimum Gasteiger partial charge on any atom is -0.310 e. The molecular formula is C8H15N. The fraction of sp³-hybridized carbons (Fsp3) is 1.00. The van der Waals surface area contributed by atoms with Crippen LogP contribution in [-0.2, 0) is 0 Å². The van der Waals surface area contributed by atoms with Crippen molar-refractivity contribution in [1.29, 1.82) is 0 Å². The monoisotopic (exact) mass is 125 g/mol. The molecule has 0 bridgehead atoms. The Kier molecular flexibility index (Phi) is 0.852. The van der Waals surface area contributed by atoms with Crippen LogP contribution in [0.15, 0.2) is 0 Å². The summed E-state index contributed by atoms with van der Waals surface area (Å²) in [5.74, 6) is 0. The number of rotatable bonds is 1. The second-order valence-electron chi connectivity index (χ2n) is 3.82. The fourth-order valence-electron chi connectivity index (χ4n) is 2.02. The number of hydrogen-bond donors (Lipinski definition) is 1. The molecule has 1 heteroatoms. The Balaban J connectivity index is 2.13. The molecule has 2 rings (SSSR count). The van der Waals surface area contributed by atoms with Crippen LogP contribution in [0.2, 0.25) is 0 Å². The fourth-order valence-corrected chi connectivity index (χ4v) is 2.02. The third-order valence-corrected chi connectivity index (χ3v) is 3.55. The van der Waals surface area contributed by atoms with Gasteiger partial charge in [-0.25, -0.2) is 0 Å². The summed E-state index contributed by atoms with van der Waals surface area (Å²) in [7, 11) is 0. The van der Waals surface area contributed by atoms with Crippen molar-refractivity contribution in [2.75, 3.05) is 6.54 Å². The summed E-state index contributed by atoms with van der Waals surface area (Å²) >= 11 is 0. The first-order valence-electron chi connectivity index (χ1n) is 3.97. The average Bonchev–Trinajstić information content (AvgIpc) is 2.63. The summed E-state index contributed by atoms with van der Waals surface area (Å²) in [6.45, 7) is 5.94. The van der Waals surface area contributed by atoms with E-state index in [9.17, 15) is 0 Å². The molecule has 2 fully saturated rings. The molecule has 0 aromatic carbocycles. The van der Waals surface area contributed by atoms with Crippen LogP contribution in [0.4, 0.5) is 0 Å². The highest BCUT2D eigenvalue weighted by molar-refractivity contribution is 5.18. The van der Waals surface area contributed by atoms with Gasteiger partial charge in [-0.3, -0.25) is 0 Å². The highest BCUT2D eigenvalue weighted by Gasteiger charge is 2.61. The van der Waals surface area contributed by atoms with Gasteiger partial charge >= 0.3 is 0 Å². The van der Waals surface area contributed by atoms with Crippen LogP contribution in [0.5, 0.6) is 0 Å². The molecule has 1 heterocycles. The molecule has 1 aliphatic carbocycles. The lowest BCUT2D eigenvalue weighted by Crippen LogP contribution is -2.64. The van der Waals surface area contributed by atoms with Gasteiger partial charge in [0.05, 0.1) is 0 Å². The lowest BCUT2D eigenvalue weighted by Gasteiger charge is -2.49. The molecular weight excluding hydrogens is 110 g/mol. The quantitative estimate of drug-likeness (QED) is 0.560. The van der Waals surface area contributed by atoms with Crippen molar-refractivity contribution in [3.8, 4) is 0 Å². The highest BCUT2D eigenvalue weighted by Crippen LogP contribution is 2.59. The zero-order valence-electron chi connectivity index (χ0n) is 6.33. The summed E-state index contributed by atoms with van der Waals surface area (Å²) in [5, 5.41) is 3.52. The van der Waals surface area contributed by atoms with Gasteiger partial charge in [0.25, 0.3) is 0 Å². The maximum absolute atomic E-state index is 3.52. The average molecular weight is 125 g/mol. The Morgan fingerprint density at radius 2 is 2.11 bits per heavy atom. The first-order chi connectivity index (χ1) is 4.22. The van der Waals surface area contributed by atoms with Gasteiger partial charge in [0.15, 0.2) is 0 Å². The van der Waals surface area contributed by atoms with E-state index in [1.165, 1.54) is 25.8 Å². The van der Waals surface area contributed by atoms with E-state index in [-0.39, 0.29) is 0 Å². The van der Waals surface area contributed by atoms with E-state index in [1.807, 2.05) is 0 Å². The Morgan fingerprint density at radius 1 is 1.44 bits per heavy atom. The Morgan fingerprint density at radius 3 is 2.22 bits per heavy atom. The van der Waals surface area contributed by atoms with Crippen LogP contribution in [0.1, 0.15) is 33.1 Å². The van der Waals surface area contributed by atoms with Crippen LogP contribution in [0.25, 0.3) is 0 Å². The van der Waals surface area contributed by atoms with E-state index < -0.39 is 0 Å². The van der Waals surface area contributed by atoms with Gasteiger partial charge in [0, 0.05) is 17.5 Å². The van der Waals surface area contributed by atoms with Gasteiger partial charge in [-0.15, -0.1) is 0 Å². The Bertz CT molecular complexity index is 134. The second-order valence-corrected chi connectivity index (χ2v) is 3.82. The molecule has 52 valence electrons. The standard InChI is InChI=1S/C8H15N/c1-3-7(2)8(4-5-8)6-9-7/h9H,3-6H2,1-2H3. The largest absolute Gasteiger partial charge is 0.310 e. The molecule has 1 N–H and O–H groups in total. The molecule has 1 nitrogen and oxygen atoms in total. The smallest absolute Gasteiger partial charge is 0.0219 e. The van der Waals surface area contributed by atoms with Gasteiger partial charge < -0.3 is 5.32 Å². The zero-order chi connectivity index (χ0) is 6.54. The first kappa shape index (κ1) is 5.72. The third-order valence-electron chi connectivity index (χ3n) is 3.55. The predicted octanol–water partition coefficient (Wildman–Crippen LogP) is 1.54. The number of hydrogen-bond acceptors (Lipinski definition) is 1. The van der Waals surface area contributed by atoms with Crippen molar-refractivity contribution >= 4 is 0 Å². The predicted molar refractivity (Wildman–Crippen MR) is 38.4 cm³/mol. The normalized spacial score (nSPS) is 44.7. The van der Waals surface area contributed by atoms with Gasteiger partial charge in [-0.2, -0.15) is 0 Å². The summed E-state index contributed by atoms with van der Waals surface area (Å²) in [6.07, 6.45) is 4.25. The van der Waals surface area contributed by atoms with Gasteiger partial charge in [0.1, 0.15) is 0 Å². The molecule has 1 spiro atoms. The maximum Gasteiger partial charge on any atom is 0.0219 e.